The zero-order valence-corrected chi connectivity index (χ0v) is 13.8. The smallest absolute Gasteiger partial charge is 0.386 e. The fraction of sp³-hybridized carbons (Fsp3) is 0.267. The highest BCUT2D eigenvalue weighted by atomic mass is 35.5. The van der Waals surface area contributed by atoms with Crippen LogP contribution in [0.25, 0.3) is 5.69 Å². The van der Waals surface area contributed by atoms with Gasteiger partial charge in [0.25, 0.3) is 5.91 Å². The van der Waals surface area contributed by atoms with Gasteiger partial charge in [-0.05, 0) is 19.1 Å². The highest BCUT2D eigenvalue weighted by Gasteiger charge is 2.27. The van der Waals surface area contributed by atoms with Gasteiger partial charge in [0.2, 0.25) is 0 Å². The van der Waals surface area contributed by atoms with Gasteiger partial charge in [-0.25, -0.2) is 4.68 Å². The van der Waals surface area contributed by atoms with E-state index in [0.717, 1.165) is 5.69 Å². The van der Waals surface area contributed by atoms with Crippen LogP contribution in [0.3, 0.4) is 0 Å². The molecule has 0 spiro atoms. The average molecular weight is 375 g/mol. The second-order valence-electron chi connectivity index (χ2n) is 4.94. The molecule has 0 unspecified atom stereocenters. The third-order valence-electron chi connectivity index (χ3n) is 2.99. The Labute approximate surface area is 146 Å². The molecule has 2 rings (SSSR count). The molecule has 0 saturated heterocycles. The Morgan fingerprint density at radius 2 is 2.08 bits per heavy atom. The number of para-hydroxylation sites is 1. The number of nitrogens with one attached hydrogen (secondary N) is 1. The van der Waals surface area contributed by atoms with Gasteiger partial charge in [0.1, 0.15) is 11.7 Å². The molecule has 0 aliphatic rings. The van der Waals surface area contributed by atoms with Gasteiger partial charge in [-0.2, -0.15) is 18.3 Å². The Balaban J connectivity index is 1.96. The van der Waals surface area contributed by atoms with Gasteiger partial charge in [-0.3, -0.25) is 4.79 Å². The number of benzene rings is 1. The lowest BCUT2D eigenvalue weighted by Gasteiger charge is -2.07. The van der Waals surface area contributed by atoms with Gasteiger partial charge < -0.3 is 10.2 Å². The Hall–Kier alpha value is -2.55. The van der Waals surface area contributed by atoms with Crippen molar-refractivity contribution in [1.29, 1.82) is 0 Å². The summed E-state index contributed by atoms with van der Waals surface area (Å²) >= 11 is 6.25. The molecule has 2 aromatic rings. The Kier molecular flexibility index (Phi) is 6.02. The molecule has 1 heterocycles. The first-order valence-electron chi connectivity index (χ1n) is 7.07. The second-order valence-corrected chi connectivity index (χ2v) is 5.30. The summed E-state index contributed by atoms with van der Waals surface area (Å²) in [5.41, 5.74) is 1.80. The number of nitrogens with zero attached hydrogens (tertiary/aromatic N) is 3. The quantitative estimate of drug-likeness (QED) is 0.624. The minimum absolute atomic E-state index is 0.289. The first-order chi connectivity index (χ1) is 11.8. The number of carbonyl (C=O) groups is 1. The normalized spacial score (nSPS) is 11.7. The van der Waals surface area contributed by atoms with Crippen molar-refractivity contribution in [3.8, 4) is 5.69 Å². The van der Waals surface area contributed by atoms with Gasteiger partial charge >= 0.3 is 6.18 Å². The van der Waals surface area contributed by atoms with Crippen molar-refractivity contribution in [3.63, 3.8) is 0 Å². The Morgan fingerprint density at radius 3 is 2.72 bits per heavy atom. The Bertz CT molecular complexity index is 760. The van der Waals surface area contributed by atoms with Crippen molar-refractivity contribution < 1.29 is 22.8 Å². The number of amides is 1. The molecule has 6 nitrogen and oxygen atoms in total. The number of aryl methyl sites for hydroxylation is 1. The molecule has 1 aromatic carbocycles. The van der Waals surface area contributed by atoms with Crippen LogP contribution in [0.1, 0.15) is 11.3 Å². The summed E-state index contributed by atoms with van der Waals surface area (Å²) in [5, 5.41) is 9.79. The molecule has 0 aliphatic carbocycles. The summed E-state index contributed by atoms with van der Waals surface area (Å²) < 4.78 is 37.4. The monoisotopic (exact) mass is 374 g/mol. The van der Waals surface area contributed by atoms with E-state index in [9.17, 15) is 18.0 Å². The molecule has 1 amide bonds. The minimum Gasteiger partial charge on any atom is -0.386 e. The van der Waals surface area contributed by atoms with Crippen LogP contribution in [-0.4, -0.2) is 41.2 Å². The van der Waals surface area contributed by atoms with Crippen LogP contribution < -0.4 is 5.32 Å². The molecule has 1 N–H and O–H groups in total. The van der Waals surface area contributed by atoms with Gasteiger partial charge in [0.05, 0.1) is 23.2 Å². The van der Waals surface area contributed by atoms with Crippen LogP contribution >= 0.6 is 11.6 Å². The summed E-state index contributed by atoms with van der Waals surface area (Å²) in [5.74, 6) is -0.933. The lowest BCUT2D eigenvalue weighted by molar-refractivity contribution is -0.141. The molecule has 0 aliphatic heterocycles. The molecule has 25 heavy (non-hydrogen) atoms. The van der Waals surface area contributed by atoms with E-state index in [0.29, 0.717) is 11.3 Å². The van der Waals surface area contributed by atoms with Gasteiger partial charge in [0.15, 0.2) is 6.61 Å². The van der Waals surface area contributed by atoms with Crippen molar-refractivity contribution in [2.24, 2.45) is 5.16 Å². The van der Waals surface area contributed by atoms with Crippen LogP contribution in [0.4, 0.5) is 13.2 Å². The molecule has 10 heteroatoms. The van der Waals surface area contributed by atoms with E-state index in [2.05, 4.69) is 15.1 Å². The maximum absolute atomic E-state index is 11.9. The summed E-state index contributed by atoms with van der Waals surface area (Å²) in [6.07, 6.45) is -3.23. The van der Waals surface area contributed by atoms with E-state index in [-0.39, 0.29) is 5.15 Å². The molecule has 134 valence electrons. The summed E-state index contributed by atoms with van der Waals surface area (Å²) in [7, 11) is 0. The van der Waals surface area contributed by atoms with Crippen LogP contribution in [0.2, 0.25) is 5.15 Å². The van der Waals surface area contributed by atoms with Gasteiger partial charge in [0, 0.05) is 0 Å². The molecule has 0 fully saturated rings. The first kappa shape index (κ1) is 18.8. The van der Waals surface area contributed by atoms with E-state index in [4.69, 9.17) is 11.6 Å². The summed E-state index contributed by atoms with van der Waals surface area (Å²) in [6, 6.07) is 9.16. The third kappa shape index (κ3) is 5.49. The van der Waals surface area contributed by atoms with Crippen LogP contribution in [-0.2, 0) is 9.63 Å². The number of oxime groups is 1. The fourth-order valence-electron chi connectivity index (χ4n) is 1.83. The van der Waals surface area contributed by atoms with E-state index < -0.39 is 25.2 Å². The summed E-state index contributed by atoms with van der Waals surface area (Å²) in [6.45, 7) is -0.355. The topological polar surface area (TPSA) is 68.5 Å². The van der Waals surface area contributed by atoms with Crippen LogP contribution in [0.5, 0.6) is 0 Å². The molecular formula is C15H14ClF3N4O2. The first-order valence-corrected chi connectivity index (χ1v) is 7.45. The predicted molar refractivity (Wildman–Crippen MR) is 85.9 cm³/mol. The molecular weight excluding hydrogens is 361 g/mol. The van der Waals surface area contributed by atoms with Crippen LogP contribution in [0, 0.1) is 6.92 Å². The lowest BCUT2D eigenvalue weighted by atomic mass is 10.3. The second kappa shape index (κ2) is 8.02. The van der Waals surface area contributed by atoms with Crippen molar-refractivity contribution in [2.45, 2.75) is 13.1 Å². The molecule has 0 atom stereocenters. The van der Waals surface area contributed by atoms with E-state index in [1.165, 1.54) is 10.9 Å². The minimum atomic E-state index is -4.48. The van der Waals surface area contributed by atoms with Crippen LogP contribution in [0.15, 0.2) is 35.5 Å². The van der Waals surface area contributed by atoms with E-state index >= 15 is 0 Å². The molecule has 0 radical (unpaired) electrons. The highest BCUT2D eigenvalue weighted by Crippen LogP contribution is 2.21. The molecule has 0 saturated carbocycles. The SMILES string of the molecule is Cc1nn(-c2ccccc2)c(Cl)c1/C=N/OCC(=O)NCC(F)(F)F. The maximum atomic E-state index is 11.9. The number of hydrogen-bond donors (Lipinski definition) is 1. The number of halogens is 4. The summed E-state index contributed by atoms with van der Waals surface area (Å²) in [4.78, 5) is 15.9. The van der Waals surface area contributed by atoms with E-state index in [1.807, 2.05) is 30.3 Å². The lowest BCUT2D eigenvalue weighted by Crippen LogP contribution is -2.35. The standard InChI is InChI=1S/C15H14ClF3N4O2/c1-10-12(7-21-25-8-13(24)20-9-15(17,18)19)14(16)23(22-10)11-5-3-2-4-6-11/h2-7H,8-9H2,1H3,(H,20,24)/b21-7+. The van der Waals surface area contributed by atoms with Gasteiger partial charge in [-0.1, -0.05) is 35.0 Å². The predicted octanol–water partition coefficient (Wildman–Crippen LogP) is 2.86. The van der Waals surface area contributed by atoms with Crippen molar-refractivity contribution in [1.82, 2.24) is 15.1 Å². The highest BCUT2D eigenvalue weighted by molar-refractivity contribution is 6.32. The zero-order chi connectivity index (χ0) is 18.4. The Morgan fingerprint density at radius 1 is 1.40 bits per heavy atom. The number of hydrogen-bond acceptors (Lipinski definition) is 4. The maximum Gasteiger partial charge on any atom is 0.405 e. The number of rotatable bonds is 6. The molecule has 1 aromatic heterocycles. The largest absolute Gasteiger partial charge is 0.405 e. The van der Waals surface area contributed by atoms with Crippen molar-refractivity contribution in [3.05, 3.63) is 46.7 Å². The molecule has 0 bridgehead atoms. The van der Waals surface area contributed by atoms with Gasteiger partial charge in [-0.15, -0.1) is 0 Å². The number of alkyl halides is 3. The number of carbonyl (C=O) groups excluding carboxylic acids is 1. The van der Waals surface area contributed by atoms with Crippen molar-refractivity contribution >= 4 is 23.7 Å². The fourth-order valence-corrected chi connectivity index (χ4v) is 2.15. The van der Waals surface area contributed by atoms with E-state index in [1.54, 1.807) is 12.2 Å². The van der Waals surface area contributed by atoms with Crippen molar-refractivity contribution in [2.75, 3.05) is 13.2 Å². The number of aromatic nitrogens is 2. The third-order valence-corrected chi connectivity index (χ3v) is 3.35. The average Bonchev–Trinajstić information content (AvgIpc) is 2.84. The zero-order valence-electron chi connectivity index (χ0n) is 13.0.